The van der Waals surface area contributed by atoms with E-state index < -0.39 is 0 Å². The van der Waals surface area contributed by atoms with Crippen molar-refractivity contribution in [3.8, 4) is 5.82 Å². The Kier molecular flexibility index (Phi) is 3.47. The minimum absolute atomic E-state index is 0.426. The Labute approximate surface area is 110 Å². The zero-order valence-corrected chi connectivity index (χ0v) is 11.4. The summed E-state index contributed by atoms with van der Waals surface area (Å²) in [6.07, 6.45) is 5.54. The van der Waals surface area contributed by atoms with Gasteiger partial charge in [-0.05, 0) is 28.8 Å². The average Bonchev–Trinajstić information content (AvgIpc) is 2.64. The third kappa shape index (κ3) is 2.61. The van der Waals surface area contributed by atoms with E-state index in [0.717, 1.165) is 3.57 Å². The van der Waals surface area contributed by atoms with Crippen LogP contribution in [0.2, 0.25) is 5.15 Å². The average molecular weight is 353 g/mol. The number of hydrogen-bond acceptors (Lipinski definition) is 4. The molecule has 2 heterocycles. The zero-order valence-electron chi connectivity index (χ0n) is 7.69. The Morgan fingerprint density at radius 2 is 2.27 bits per heavy atom. The second-order valence-electron chi connectivity index (χ2n) is 2.64. The third-order valence-corrected chi connectivity index (χ3v) is 2.93. The van der Waals surface area contributed by atoms with Gasteiger partial charge in [0, 0.05) is 12.3 Å². The van der Waals surface area contributed by atoms with Crippen LogP contribution in [-0.4, -0.2) is 26.0 Å². The Hall–Kier alpha value is -0.340. The van der Waals surface area contributed by atoms with Crippen molar-refractivity contribution in [2.45, 2.75) is 5.16 Å². The quantitative estimate of drug-likeness (QED) is 0.361. The molecule has 0 aromatic carbocycles. The molecule has 0 saturated carbocycles. The lowest BCUT2D eigenvalue weighted by atomic mass is 10.6. The summed E-state index contributed by atoms with van der Waals surface area (Å²) < 4.78 is 2.72. The maximum atomic E-state index is 5.88. The van der Waals surface area contributed by atoms with Gasteiger partial charge in [0.25, 0.3) is 0 Å². The van der Waals surface area contributed by atoms with E-state index in [9.17, 15) is 0 Å². The van der Waals surface area contributed by atoms with Gasteiger partial charge in [-0.3, -0.25) is 0 Å². The molecule has 0 aliphatic heterocycles. The summed E-state index contributed by atoms with van der Waals surface area (Å²) in [7, 11) is 0. The van der Waals surface area contributed by atoms with Crippen LogP contribution in [-0.2, 0) is 0 Å². The molecule has 0 saturated heterocycles. The minimum Gasteiger partial charge on any atom is -0.221 e. The lowest BCUT2D eigenvalue weighted by Crippen LogP contribution is -2.00. The smallest absolute Gasteiger partial charge is 0.190 e. The highest BCUT2D eigenvalue weighted by Gasteiger charge is 2.05. The summed E-state index contributed by atoms with van der Waals surface area (Å²) in [5.41, 5.74) is 0. The monoisotopic (exact) mass is 352 g/mol. The number of thioether (sulfide) groups is 1. The molecule has 0 bridgehead atoms. The lowest BCUT2D eigenvalue weighted by molar-refractivity contribution is 0.807. The molecule has 15 heavy (non-hydrogen) atoms. The Bertz CT molecular complexity index is 487. The summed E-state index contributed by atoms with van der Waals surface area (Å²) in [4.78, 5) is 8.36. The van der Waals surface area contributed by atoms with Gasteiger partial charge in [-0.15, -0.1) is 0 Å². The summed E-state index contributed by atoms with van der Waals surface area (Å²) in [6.45, 7) is 0. The summed E-state index contributed by atoms with van der Waals surface area (Å²) in [6, 6.07) is 1.68. The van der Waals surface area contributed by atoms with Crippen molar-refractivity contribution >= 4 is 46.0 Å². The van der Waals surface area contributed by atoms with E-state index in [1.54, 1.807) is 16.9 Å². The fourth-order valence-corrected chi connectivity index (χ4v) is 2.01. The second-order valence-corrected chi connectivity index (χ2v) is 5.04. The van der Waals surface area contributed by atoms with E-state index in [-0.39, 0.29) is 0 Å². The predicted molar refractivity (Wildman–Crippen MR) is 68.7 cm³/mol. The summed E-state index contributed by atoms with van der Waals surface area (Å²) in [5.74, 6) is 0.683. The van der Waals surface area contributed by atoms with E-state index in [1.165, 1.54) is 11.8 Å². The Balaban J connectivity index is 2.48. The SMILES string of the molecule is CSc1nc(Cl)cc(-n2cc(I)cn2)n1. The van der Waals surface area contributed by atoms with E-state index in [0.29, 0.717) is 16.1 Å². The van der Waals surface area contributed by atoms with Gasteiger partial charge in [-0.2, -0.15) is 5.10 Å². The van der Waals surface area contributed by atoms with Crippen LogP contribution in [0.25, 0.3) is 5.82 Å². The van der Waals surface area contributed by atoms with E-state index in [2.05, 4.69) is 37.7 Å². The maximum absolute atomic E-state index is 5.88. The summed E-state index contributed by atoms with van der Waals surface area (Å²) >= 11 is 9.52. The van der Waals surface area contributed by atoms with Crippen LogP contribution in [0.15, 0.2) is 23.6 Å². The molecule has 2 aromatic rings. The van der Waals surface area contributed by atoms with Gasteiger partial charge in [0.05, 0.1) is 9.77 Å². The van der Waals surface area contributed by atoms with E-state index in [1.807, 2.05) is 12.5 Å². The van der Waals surface area contributed by atoms with Crippen molar-refractivity contribution in [3.05, 3.63) is 27.2 Å². The highest BCUT2D eigenvalue weighted by molar-refractivity contribution is 14.1. The van der Waals surface area contributed by atoms with Crippen molar-refractivity contribution < 1.29 is 0 Å². The topological polar surface area (TPSA) is 43.6 Å². The molecule has 7 heteroatoms. The highest BCUT2D eigenvalue weighted by atomic mass is 127. The molecule has 0 spiro atoms. The number of rotatable bonds is 2. The molecule has 2 aromatic heterocycles. The van der Waals surface area contributed by atoms with Crippen molar-refractivity contribution in [1.82, 2.24) is 19.7 Å². The van der Waals surface area contributed by atoms with Gasteiger partial charge in [0.1, 0.15) is 5.15 Å². The Morgan fingerprint density at radius 1 is 1.47 bits per heavy atom. The van der Waals surface area contributed by atoms with Crippen LogP contribution < -0.4 is 0 Å². The van der Waals surface area contributed by atoms with Gasteiger partial charge in [-0.1, -0.05) is 23.4 Å². The molecule has 78 valence electrons. The van der Waals surface area contributed by atoms with Crippen LogP contribution in [0.5, 0.6) is 0 Å². The van der Waals surface area contributed by atoms with Gasteiger partial charge < -0.3 is 0 Å². The molecule has 4 nitrogen and oxygen atoms in total. The Morgan fingerprint density at radius 3 is 2.87 bits per heavy atom. The fraction of sp³-hybridized carbons (Fsp3) is 0.125. The molecule has 0 N–H and O–H groups in total. The van der Waals surface area contributed by atoms with Crippen molar-refractivity contribution in [2.75, 3.05) is 6.26 Å². The van der Waals surface area contributed by atoms with Crippen LogP contribution >= 0.6 is 46.0 Å². The third-order valence-electron chi connectivity index (χ3n) is 1.63. The van der Waals surface area contributed by atoms with Crippen LogP contribution in [0, 0.1) is 3.57 Å². The molecule has 0 aliphatic carbocycles. The second kappa shape index (κ2) is 4.67. The fourth-order valence-electron chi connectivity index (χ4n) is 1.02. The lowest BCUT2D eigenvalue weighted by Gasteiger charge is -2.02. The van der Waals surface area contributed by atoms with E-state index in [4.69, 9.17) is 11.6 Å². The molecular weight excluding hydrogens is 347 g/mol. The molecular formula is C8H6ClIN4S. The standard InChI is InChI=1S/C8H6ClIN4S/c1-15-8-12-6(9)2-7(13-8)14-4-5(10)3-11-14/h2-4H,1H3. The number of hydrogen-bond donors (Lipinski definition) is 0. The van der Waals surface area contributed by atoms with Crippen molar-refractivity contribution in [1.29, 1.82) is 0 Å². The first kappa shape index (κ1) is 11.2. The predicted octanol–water partition coefficient (Wildman–Crippen LogP) is 2.64. The normalized spacial score (nSPS) is 10.6. The van der Waals surface area contributed by atoms with Crippen LogP contribution in [0.3, 0.4) is 0 Å². The maximum Gasteiger partial charge on any atom is 0.190 e. The molecule has 0 fully saturated rings. The molecule has 0 amide bonds. The first-order valence-electron chi connectivity index (χ1n) is 3.98. The van der Waals surface area contributed by atoms with Crippen LogP contribution in [0.1, 0.15) is 0 Å². The first-order valence-corrected chi connectivity index (χ1v) is 6.66. The minimum atomic E-state index is 0.426. The van der Waals surface area contributed by atoms with Gasteiger partial charge >= 0.3 is 0 Å². The summed E-state index contributed by atoms with van der Waals surface area (Å²) in [5, 5.41) is 5.22. The van der Waals surface area contributed by atoms with Gasteiger partial charge in [0.2, 0.25) is 0 Å². The van der Waals surface area contributed by atoms with Crippen molar-refractivity contribution in [3.63, 3.8) is 0 Å². The number of nitrogens with zero attached hydrogens (tertiary/aromatic N) is 4. The zero-order chi connectivity index (χ0) is 10.8. The molecule has 0 unspecified atom stereocenters. The molecule has 2 rings (SSSR count). The van der Waals surface area contributed by atoms with Crippen LogP contribution in [0.4, 0.5) is 0 Å². The molecule has 0 radical (unpaired) electrons. The van der Waals surface area contributed by atoms with E-state index >= 15 is 0 Å². The molecule has 0 atom stereocenters. The van der Waals surface area contributed by atoms with Gasteiger partial charge in [-0.25, -0.2) is 14.6 Å². The number of halogens is 2. The first-order chi connectivity index (χ1) is 7.19. The highest BCUT2D eigenvalue weighted by Crippen LogP contribution is 2.16. The van der Waals surface area contributed by atoms with Crippen molar-refractivity contribution in [2.24, 2.45) is 0 Å². The number of aromatic nitrogens is 4. The molecule has 0 aliphatic rings. The largest absolute Gasteiger partial charge is 0.221 e. The van der Waals surface area contributed by atoms with Gasteiger partial charge in [0.15, 0.2) is 11.0 Å².